The number of carbonyl (C=O) groups is 1. The van der Waals surface area contributed by atoms with E-state index in [2.05, 4.69) is 14.6 Å². The zero-order valence-corrected chi connectivity index (χ0v) is 11.5. The fraction of sp³-hybridized carbons (Fsp3) is 0.667. The highest BCUT2D eigenvalue weighted by atomic mass is 32.1. The molecule has 2 rings (SSSR count). The number of anilines is 1. The van der Waals surface area contributed by atoms with Crippen LogP contribution in [0, 0.1) is 5.92 Å². The van der Waals surface area contributed by atoms with Crippen LogP contribution in [0.25, 0.3) is 0 Å². The highest BCUT2D eigenvalue weighted by Crippen LogP contribution is 2.23. The van der Waals surface area contributed by atoms with E-state index in [0.29, 0.717) is 11.6 Å². The number of methoxy groups -OCH3 is 1. The van der Waals surface area contributed by atoms with E-state index in [0.717, 1.165) is 37.7 Å². The van der Waals surface area contributed by atoms with Crippen LogP contribution in [-0.2, 0) is 9.47 Å². The number of hydrogen-bond donors (Lipinski definition) is 0. The molecular formula is C12H18N2O3S. The SMILES string of the molecule is COC(=O)c1csc(N(C)CC2CCOCC2)n1. The average Bonchev–Trinajstić information content (AvgIpc) is 2.88. The molecule has 1 aromatic heterocycles. The van der Waals surface area contributed by atoms with Gasteiger partial charge in [-0.3, -0.25) is 0 Å². The van der Waals surface area contributed by atoms with Gasteiger partial charge in [0.25, 0.3) is 0 Å². The lowest BCUT2D eigenvalue weighted by atomic mass is 10.0. The smallest absolute Gasteiger partial charge is 0.357 e. The van der Waals surface area contributed by atoms with Crippen molar-refractivity contribution in [1.29, 1.82) is 0 Å². The van der Waals surface area contributed by atoms with E-state index in [1.807, 2.05) is 7.05 Å². The highest BCUT2D eigenvalue weighted by Gasteiger charge is 2.18. The molecule has 0 aliphatic carbocycles. The van der Waals surface area contributed by atoms with Crippen molar-refractivity contribution in [3.8, 4) is 0 Å². The van der Waals surface area contributed by atoms with E-state index in [1.165, 1.54) is 18.4 Å². The molecule has 6 heteroatoms. The van der Waals surface area contributed by atoms with Gasteiger partial charge in [0.2, 0.25) is 0 Å². The molecule has 0 atom stereocenters. The number of nitrogens with zero attached hydrogens (tertiary/aromatic N) is 2. The van der Waals surface area contributed by atoms with E-state index in [9.17, 15) is 4.79 Å². The van der Waals surface area contributed by atoms with Crippen LogP contribution in [0.2, 0.25) is 0 Å². The van der Waals surface area contributed by atoms with Gasteiger partial charge >= 0.3 is 5.97 Å². The molecule has 1 fully saturated rings. The molecule has 100 valence electrons. The number of aromatic nitrogens is 1. The lowest BCUT2D eigenvalue weighted by Crippen LogP contribution is -2.29. The molecule has 0 radical (unpaired) electrons. The number of thiazole rings is 1. The van der Waals surface area contributed by atoms with Gasteiger partial charge in [-0.1, -0.05) is 0 Å². The molecule has 1 aliphatic rings. The van der Waals surface area contributed by atoms with Crippen LogP contribution in [0.1, 0.15) is 23.3 Å². The first-order chi connectivity index (χ1) is 8.70. The Morgan fingerprint density at radius 1 is 1.61 bits per heavy atom. The average molecular weight is 270 g/mol. The summed E-state index contributed by atoms with van der Waals surface area (Å²) in [6, 6.07) is 0. The fourth-order valence-corrected chi connectivity index (χ4v) is 2.80. The summed E-state index contributed by atoms with van der Waals surface area (Å²) in [6.07, 6.45) is 2.19. The zero-order valence-electron chi connectivity index (χ0n) is 10.7. The largest absolute Gasteiger partial charge is 0.464 e. The minimum Gasteiger partial charge on any atom is -0.464 e. The quantitative estimate of drug-likeness (QED) is 0.781. The summed E-state index contributed by atoms with van der Waals surface area (Å²) < 4.78 is 9.99. The Balaban J connectivity index is 1.93. The number of ether oxygens (including phenoxy) is 2. The Kier molecular flexibility index (Phi) is 4.54. The van der Waals surface area contributed by atoms with Crippen LogP contribution in [0.4, 0.5) is 5.13 Å². The second kappa shape index (κ2) is 6.15. The topological polar surface area (TPSA) is 51.7 Å². The van der Waals surface area contributed by atoms with Crippen LogP contribution in [0.5, 0.6) is 0 Å². The molecule has 5 nitrogen and oxygen atoms in total. The van der Waals surface area contributed by atoms with Crippen molar-refractivity contribution in [2.75, 3.05) is 38.8 Å². The number of esters is 1. The third-order valence-electron chi connectivity index (χ3n) is 3.09. The summed E-state index contributed by atoms with van der Waals surface area (Å²) in [4.78, 5) is 17.7. The van der Waals surface area contributed by atoms with E-state index in [1.54, 1.807) is 5.38 Å². The number of rotatable bonds is 4. The first kappa shape index (κ1) is 13.3. The van der Waals surface area contributed by atoms with Gasteiger partial charge in [0, 0.05) is 32.2 Å². The summed E-state index contributed by atoms with van der Waals surface area (Å²) in [5.41, 5.74) is 0.385. The van der Waals surface area contributed by atoms with Crippen LogP contribution in [0.15, 0.2) is 5.38 Å². The maximum atomic E-state index is 11.3. The summed E-state index contributed by atoms with van der Waals surface area (Å²) in [6.45, 7) is 2.66. The van der Waals surface area contributed by atoms with Gasteiger partial charge in [0.15, 0.2) is 10.8 Å². The van der Waals surface area contributed by atoms with E-state index in [4.69, 9.17) is 4.74 Å². The van der Waals surface area contributed by atoms with E-state index >= 15 is 0 Å². The van der Waals surface area contributed by atoms with Crippen LogP contribution in [-0.4, -0.2) is 44.9 Å². The molecule has 0 spiro atoms. The third kappa shape index (κ3) is 3.20. The normalized spacial score (nSPS) is 16.6. The second-order valence-electron chi connectivity index (χ2n) is 4.44. The standard InChI is InChI=1S/C12H18N2O3S/c1-14(7-9-3-5-17-6-4-9)12-13-10(8-18-12)11(15)16-2/h8-9H,3-7H2,1-2H3. The molecule has 0 unspecified atom stereocenters. The van der Waals surface area contributed by atoms with Gasteiger partial charge in [-0.25, -0.2) is 9.78 Å². The Bertz CT molecular complexity index is 402. The maximum Gasteiger partial charge on any atom is 0.357 e. The minimum atomic E-state index is -0.378. The molecule has 1 aliphatic heterocycles. The number of carbonyl (C=O) groups excluding carboxylic acids is 1. The highest BCUT2D eigenvalue weighted by molar-refractivity contribution is 7.13. The molecule has 0 bridgehead atoms. The molecule has 1 aromatic rings. The van der Waals surface area contributed by atoms with Gasteiger partial charge in [0.05, 0.1) is 7.11 Å². The third-order valence-corrected chi connectivity index (χ3v) is 4.04. The van der Waals surface area contributed by atoms with Crippen LogP contribution < -0.4 is 4.90 Å². The van der Waals surface area contributed by atoms with Crippen molar-refractivity contribution in [1.82, 2.24) is 4.98 Å². The first-order valence-electron chi connectivity index (χ1n) is 6.03. The van der Waals surface area contributed by atoms with E-state index < -0.39 is 0 Å². The Labute approximate surface area is 111 Å². The number of hydrogen-bond acceptors (Lipinski definition) is 6. The van der Waals surface area contributed by atoms with Gasteiger partial charge in [0.1, 0.15) is 0 Å². The van der Waals surface area contributed by atoms with Gasteiger partial charge in [-0.05, 0) is 18.8 Å². The predicted octanol–water partition coefficient (Wildman–Crippen LogP) is 1.79. The molecule has 0 N–H and O–H groups in total. The molecule has 0 saturated carbocycles. The summed E-state index contributed by atoms with van der Waals surface area (Å²) in [5.74, 6) is 0.270. The molecular weight excluding hydrogens is 252 g/mol. The summed E-state index contributed by atoms with van der Waals surface area (Å²) >= 11 is 1.47. The molecule has 18 heavy (non-hydrogen) atoms. The minimum absolute atomic E-state index is 0.378. The van der Waals surface area contributed by atoms with Crippen molar-refractivity contribution in [3.63, 3.8) is 0 Å². The first-order valence-corrected chi connectivity index (χ1v) is 6.91. The van der Waals surface area contributed by atoms with Crippen LogP contribution >= 0.6 is 11.3 Å². The molecule has 2 heterocycles. The van der Waals surface area contributed by atoms with Gasteiger partial charge < -0.3 is 14.4 Å². The monoisotopic (exact) mass is 270 g/mol. The van der Waals surface area contributed by atoms with Crippen molar-refractivity contribution < 1.29 is 14.3 Å². The van der Waals surface area contributed by atoms with E-state index in [-0.39, 0.29) is 5.97 Å². The Hall–Kier alpha value is -1.14. The fourth-order valence-electron chi connectivity index (χ4n) is 2.03. The zero-order chi connectivity index (χ0) is 13.0. The van der Waals surface area contributed by atoms with Gasteiger partial charge in [-0.15, -0.1) is 11.3 Å². The lowest BCUT2D eigenvalue weighted by Gasteiger charge is -2.26. The van der Waals surface area contributed by atoms with Crippen molar-refractivity contribution in [3.05, 3.63) is 11.1 Å². The lowest BCUT2D eigenvalue weighted by molar-refractivity contribution is 0.0595. The predicted molar refractivity (Wildman–Crippen MR) is 70.3 cm³/mol. The summed E-state index contributed by atoms with van der Waals surface area (Å²) in [5, 5.41) is 2.60. The molecule has 0 amide bonds. The second-order valence-corrected chi connectivity index (χ2v) is 5.28. The molecule has 0 aromatic carbocycles. The van der Waals surface area contributed by atoms with Gasteiger partial charge in [-0.2, -0.15) is 0 Å². The Morgan fingerprint density at radius 2 is 2.33 bits per heavy atom. The summed E-state index contributed by atoms with van der Waals surface area (Å²) in [7, 11) is 3.38. The van der Waals surface area contributed by atoms with Crippen molar-refractivity contribution in [2.45, 2.75) is 12.8 Å². The van der Waals surface area contributed by atoms with Crippen LogP contribution in [0.3, 0.4) is 0 Å². The van der Waals surface area contributed by atoms with Crippen molar-refractivity contribution >= 4 is 22.4 Å². The molecule has 1 saturated heterocycles. The maximum absolute atomic E-state index is 11.3. The Morgan fingerprint density at radius 3 is 3.00 bits per heavy atom. The van der Waals surface area contributed by atoms with Crippen molar-refractivity contribution in [2.24, 2.45) is 5.92 Å².